The maximum Gasteiger partial charge on any atom is 0.220 e. The summed E-state index contributed by atoms with van der Waals surface area (Å²) < 4.78 is 26.7. The zero-order chi connectivity index (χ0) is 34.5. The van der Waals surface area contributed by atoms with E-state index in [2.05, 4.69) is 26.3 Å². The van der Waals surface area contributed by atoms with Gasteiger partial charge in [0.25, 0.3) is 0 Å². The minimum Gasteiger partial charge on any atom is -0.496 e. The summed E-state index contributed by atoms with van der Waals surface area (Å²) in [5, 5.41) is 13.2. The van der Waals surface area contributed by atoms with E-state index in [-0.39, 0.29) is 30.4 Å². The molecule has 2 aromatic carbocycles. The molecule has 0 saturated carbocycles. The second kappa shape index (κ2) is 15.5. The van der Waals surface area contributed by atoms with Gasteiger partial charge in [-0.1, -0.05) is 47.5 Å². The number of nitrogens with one attached hydrogen (secondary N) is 4. The molecule has 4 heterocycles. The van der Waals surface area contributed by atoms with Gasteiger partial charge in [-0.25, -0.2) is 9.37 Å². The minimum absolute atomic E-state index is 0.0233. The van der Waals surface area contributed by atoms with Crippen molar-refractivity contribution in [3.05, 3.63) is 81.7 Å². The number of aromatic nitrogens is 2. The summed E-state index contributed by atoms with van der Waals surface area (Å²) in [6.07, 6.45) is 4.23. The zero-order valence-corrected chi connectivity index (χ0v) is 28.7. The standard InChI is InChI=1S/C36H37Cl2FN6O4/c1-48-30-15-21(14-28(39)27(30)19-41-18-23-8-11-32(47)44-23)35-34(38)25(12-13-42-35)24-4-3-5-26(33(24)37)29-9-6-20(36(45-29)49-2)16-40-17-22-7-10-31(46)43-22/h3-6,9,12-15,22-23,40-41H,7-8,10-11,16-19H2,1-2H3,(H,43,46)(H,44,47)/t22-,23+/m1/s1. The first-order valence-corrected chi connectivity index (χ1v) is 16.9. The number of pyridine rings is 2. The van der Waals surface area contributed by atoms with Crippen LogP contribution in [0.5, 0.6) is 11.6 Å². The molecule has 0 bridgehead atoms. The largest absolute Gasteiger partial charge is 0.496 e. The number of hydrogen-bond donors (Lipinski definition) is 4. The van der Waals surface area contributed by atoms with Gasteiger partial charge in [0.05, 0.1) is 35.7 Å². The van der Waals surface area contributed by atoms with Gasteiger partial charge in [-0.2, -0.15) is 0 Å². The lowest BCUT2D eigenvalue weighted by Crippen LogP contribution is -2.35. The van der Waals surface area contributed by atoms with Gasteiger partial charge < -0.3 is 30.7 Å². The van der Waals surface area contributed by atoms with Crippen LogP contribution in [0, 0.1) is 5.82 Å². The normalized spacial score (nSPS) is 17.2. The smallest absolute Gasteiger partial charge is 0.220 e. The number of hydrogen-bond acceptors (Lipinski definition) is 8. The van der Waals surface area contributed by atoms with Crippen LogP contribution in [0.2, 0.25) is 10.0 Å². The van der Waals surface area contributed by atoms with E-state index in [0.29, 0.717) is 93.4 Å². The maximum atomic E-state index is 15.5. The third-order valence-corrected chi connectivity index (χ3v) is 9.59. The van der Waals surface area contributed by atoms with Crippen molar-refractivity contribution in [3.63, 3.8) is 0 Å². The second-order valence-electron chi connectivity index (χ2n) is 12.1. The van der Waals surface area contributed by atoms with Gasteiger partial charge in [0, 0.05) is 90.7 Å². The van der Waals surface area contributed by atoms with E-state index in [4.69, 9.17) is 37.7 Å². The van der Waals surface area contributed by atoms with Crippen molar-refractivity contribution in [1.29, 1.82) is 0 Å². The van der Waals surface area contributed by atoms with E-state index >= 15 is 4.39 Å². The lowest BCUT2D eigenvalue weighted by molar-refractivity contribution is -0.120. The van der Waals surface area contributed by atoms with Gasteiger partial charge >= 0.3 is 0 Å². The summed E-state index contributed by atoms with van der Waals surface area (Å²) >= 11 is 14.0. The summed E-state index contributed by atoms with van der Waals surface area (Å²) in [5.74, 6) is 0.462. The lowest BCUT2D eigenvalue weighted by Gasteiger charge is -2.17. The van der Waals surface area contributed by atoms with Crippen molar-refractivity contribution >= 4 is 35.0 Å². The predicted molar refractivity (Wildman–Crippen MR) is 187 cm³/mol. The van der Waals surface area contributed by atoms with E-state index in [0.717, 1.165) is 18.4 Å². The number of rotatable bonds is 13. The van der Waals surface area contributed by atoms with E-state index in [9.17, 15) is 9.59 Å². The summed E-state index contributed by atoms with van der Waals surface area (Å²) in [5.41, 5.74) is 4.64. The SMILES string of the molecule is COc1cc(-c2nccc(-c3cccc(-c4ccc(CNC[C@H]5CCC(=O)N5)c(OC)n4)c3Cl)c2Cl)cc(F)c1CNC[C@@H]1CCC(=O)N1. The Bertz CT molecular complexity index is 1880. The number of halogens is 3. The molecule has 2 atom stereocenters. The van der Waals surface area contributed by atoms with Crippen LogP contribution in [0.3, 0.4) is 0 Å². The van der Waals surface area contributed by atoms with E-state index < -0.39 is 5.82 Å². The fourth-order valence-electron chi connectivity index (χ4n) is 6.24. The number of ether oxygens (including phenoxy) is 2. The van der Waals surface area contributed by atoms with Crippen molar-refractivity contribution in [3.8, 4) is 45.3 Å². The molecule has 2 amide bonds. The van der Waals surface area contributed by atoms with Gasteiger partial charge in [-0.15, -0.1) is 0 Å². The lowest BCUT2D eigenvalue weighted by atomic mass is 9.99. The fourth-order valence-corrected chi connectivity index (χ4v) is 6.88. The highest BCUT2D eigenvalue weighted by Crippen LogP contribution is 2.42. The van der Waals surface area contributed by atoms with E-state index in [1.54, 1.807) is 25.4 Å². The Kier molecular flexibility index (Phi) is 10.9. The van der Waals surface area contributed by atoms with Crippen molar-refractivity contribution in [2.45, 2.75) is 50.9 Å². The molecule has 256 valence electrons. The predicted octanol–water partition coefficient (Wildman–Crippen LogP) is 5.68. The number of carbonyl (C=O) groups excluding carboxylic acids is 2. The summed E-state index contributed by atoms with van der Waals surface area (Å²) in [4.78, 5) is 32.2. The Morgan fingerprint density at radius 2 is 1.53 bits per heavy atom. The number of carbonyl (C=O) groups is 2. The average molecular weight is 708 g/mol. The Hall–Kier alpha value is -4.29. The van der Waals surface area contributed by atoms with Crippen LogP contribution in [0.1, 0.15) is 36.8 Å². The van der Waals surface area contributed by atoms with Gasteiger partial charge in [0.15, 0.2) is 0 Å². The molecule has 0 radical (unpaired) electrons. The average Bonchev–Trinajstić information content (AvgIpc) is 3.72. The third kappa shape index (κ3) is 7.80. The Morgan fingerprint density at radius 1 is 0.857 bits per heavy atom. The number of amides is 2. The van der Waals surface area contributed by atoms with Crippen molar-refractivity contribution < 1.29 is 23.5 Å². The monoisotopic (exact) mass is 706 g/mol. The molecule has 13 heteroatoms. The number of nitrogens with zero attached hydrogens (tertiary/aromatic N) is 2. The molecule has 0 unspecified atom stereocenters. The van der Waals surface area contributed by atoms with E-state index in [1.807, 2.05) is 30.3 Å². The third-order valence-electron chi connectivity index (χ3n) is 8.80. The van der Waals surface area contributed by atoms with Crippen LogP contribution >= 0.6 is 23.2 Å². The van der Waals surface area contributed by atoms with Gasteiger partial charge in [-0.05, 0) is 37.1 Å². The molecule has 0 spiro atoms. The van der Waals surface area contributed by atoms with Crippen LogP contribution in [-0.4, -0.2) is 61.2 Å². The molecular formula is C36H37Cl2FN6O4. The maximum absolute atomic E-state index is 15.5. The highest BCUT2D eigenvalue weighted by molar-refractivity contribution is 6.39. The van der Waals surface area contributed by atoms with Crippen LogP contribution in [0.4, 0.5) is 4.39 Å². The van der Waals surface area contributed by atoms with Gasteiger partial charge in [-0.3, -0.25) is 14.6 Å². The van der Waals surface area contributed by atoms with Gasteiger partial charge in [0.1, 0.15) is 11.6 Å². The highest BCUT2D eigenvalue weighted by Gasteiger charge is 2.23. The van der Waals surface area contributed by atoms with Gasteiger partial charge in [0.2, 0.25) is 17.7 Å². The number of methoxy groups -OCH3 is 2. The molecule has 10 nitrogen and oxygen atoms in total. The van der Waals surface area contributed by atoms with Crippen LogP contribution < -0.4 is 30.7 Å². The van der Waals surface area contributed by atoms with Crippen molar-refractivity contribution in [2.75, 3.05) is 27.3 Å². The molecule has 4 aromatic rings. The summed E-state index contributed by atoms with van der Waals surface area (Å²) in [6.45, 7) is 1.93. The molecule has 2 aliphatic rings. The molecule has 49 heavy (non-hydrogen) atoms. The Balaban J connectivity index is 1.22. The minimum atomic E-state index is -0.468. The molecular weight excluding hydrogens is 670 g/mol. The zero-order valence-electron chi connectivity index (χ0n) is 27.2. The summed E-state index contributed by atoms with van der Waals surface area (Å²) in [7, 11) is 3.06. The molecule has 0 aliphatic carbocycles. The topological polar surface area (TPSA) is 126 Å². The summed E-state index contributed by atoms with van der Waals surface area (Å²) in [6, 6.07) is 14.4. The number of benzene rings is 2. The quantitative estimate of drug-likeness (QED) is 0.140. The fraction of sp³-hybridized carbons (Fsp3) is 0.333. The van der Waals surface area contributed by atoms with Crippen LogP contribution in [0.25, 0.3) is 33.6 Å². The Labute approximate surface area is 294 Å². The molecule has 2 saturated heterocycles. The van der Waals surface area contributed by atoms with Crippen LogP contribution in [0.15, 0.2) is 54.7 Å². The van der Waals surface area contributed by atoms with E-state index in [1.165, 1.54) is 13.2 Å². The first-order valence-electron chi connectivity index (χ1n) is 16.1. The van der Waals surface area contributed by atoms with Crippen LogP contribution in [-0.2, 0) is 22.7 Å². The molecule has 2 aromatic heterocycles. The Morgan fingerprint density at radius 3 is 2.18 bits per heavy atom. The molecule has 2 fully saturated rings. The second-order valence-corrected chi connectivity index (χ2v) is 12.8. The molecule has 2 aliphatic heterocycles. The molecule has 4 N–H and O–H groups in total. The molecule has 6 rings (SSSR count). The highest BCUT2D eigenvalue weighted by atomic mass is 35.5. The van der Waals surface area contributed by atoms with Crippen molar-refractivity contribution in [1.82, 2.24) is 31.2 Å². The first kappa shape index (κ1) is 34.6. The van der Waals surface area contributed by atoms with Crippen molar-refractivity contribution in [2.24, 2.45) is 0 Å². The first-order chi connectivity index (χ1) is 23.7.